The molecule has 2 aliphatic heterocycles. The average molecular weight is 555 g/mol. The van der Waals surface area contributed by atoms with Crippen LogP contribution in [0.25, 0.3) is 16.9 Å². The van der Waals surface area contributed by atoms with Crippen LogP contribution in [0.3, 0.4) is 0 Å². The Labute approximate surface area is 233 Å². The number of piperidine rings is 1. The summed E-state index contributed by atoms with van der Waals surface area (Å²) in [4.78, 5) is 14.2. The number of nitrogens with zero attached hydrogens (tertiary/aromatic N) is 7. The fourth-order valence-electron chi connectivity index (χ4n) is 5.55. The molecule has 1 atom stereocenters. The predicted octanol–water partition coefficient (Wildman–Crippen LogP) is 5.22. The molecule has 1 N–H and O–H groups in total. The second kappa shape index (κ2) is 10.8. The summed E-state index contributed by atoms with van der Waals surface area (Å²) in [6, 6.07) is 7.28. The molecule has 0 aliphatic carbocycles. The third-order valence-corrected chi connectivity index (χ3v) is 8.22. The number of halogens is 2. The third kappa shape index (κ3) is 5.67. The van der Waals surface area contributed by atoms with E-state index in [4.69, 9.17) is 28.2 Å². The van der Waals surface area contributed by atoms with Gasteiger partial charge in [0.1, 0.15) is 17.4 Å². The molecule has 4 heterocycles. The average Bonchev–Trinajstić information content (AvgIpc) is 3.20. The van der Waals surface area contributed by atoms with Gasteiger partial charge in [-0.2, -0.15) is 10.4 Å². The van der Waals surface area contributed by atoms with E-state index < -0.39 is 5.60 Å². The van der Waals surface area contributed by atoms with Crippen molar-refractivity contribution >= 4 is 45.9 Å². The molecule has 10 heteroatoms. The van der Waals surface area contributed by atoms with Gasteiger partial charge < -0.3 is 14.9 Å². The van der Waals surface area contributed by atoms with Crippen LogP contribution in [0, 0.1) is 23.2 Å². The van der Waals surface area contributed by atoms with E-state index in [-0.39, 0.29) is 5.69 Å². The highest BCUT2D eigenvalue weighted by Gasteiger charge is 2.36. The second-order valence-corrected chi connectivity index (χ2v) is 12.0. The monoisotopic (exact) mass is 553 g/mol. The standard InChI is InChI=1S/C28H33Cl2N7O/c1-18(22-8-7-21(29)12-23(22)30)37-27-26(24(13-31)34-37)32-14-25(33-27)36-16-20(17-36)19-6-4-10-35(15-19)11-5-9-28(2,3)38/h7-8,12,14,19-20,38H,1,4-6,9-11,15-17H2,2-3H3/t19-/m0/s1. The Balaban J connectivity index is 1.28. The molecule has 2 aliphatic rings. The van der Waals surface area contributed by atoms with E-state index in [1.807, 2.05) is 13.8 Å². The van der Waals surface area contributed by atoms with Crippen molar-refractivity contribution in [1.29, 1.82) is 5.26 Å². The van der Waals surface area contributed by atoms with Crippen molar-refractivity contribution in [3.8, 4) is 6.07 Å². The number of hydrogen-bond acceptors (Lipinski definition) is 7. The summed E-state index contributed by atoms with van der Waals surface area (Å²) in [6.07, 6.45) is 6.06. The first-order chi connectivity index (χ1) is 18.1. The number of aliphatic hydroxyl groups is 1. The molecular formula is C28H33Cl2N7O. The van der Waals surface area contributed by atoms with Crippen LogP contribution in [-0.4, -0.2) is 68.1 Å². The van der Waals surface area contributed by atoms with Crippen molar-refractivity contribution in [3.63, 3.8) is 0 Å². The van der Waals surface area contributed by atoms with Crippen LogP contribution >= 0.6 is 23.2 Å². The van der Waals surface area contributed by atoms with Gasteiger partial charge in [0.25, 0.3) is 0 Å². The van der Waals surface area contributed by atoms with Crippen LogP contribution in [0.5, 0.6) is 0 Å². The summed E-state index contributed by atoms with van der Waals surface area (Å²) < 4.78 is 1.55. The molecule has 1 aromatic carbocycles. The van der Waals surface area contributed by atoms with Gasteiger partial charge in [0.05, 0.1) is 22.5 Å². The summed E-state index contributed by atoms with van der Waals surface area (Å²) in [5.41, 5.74) is 1.67. The maximum absolute atomic E-state index is 10.0. The molecule has 0 bridgehead atoms. The van der Waals surface area contributed by atoms with Gasteiger partial charge in [-0.25, -0.2) is 14.6 Å². The van der Waals surface area contributed by atoms with E-state index in [1.54, 1.807) is 29.1 Å². The highest BCUT2D eigenvalue weighted by Crippen LogP contribution is 2.35. The van der Waals surface area contributed by atoms with Gasteiger partial charge in [-0.15, -0.1) is 0 Å². The van der Waals surface area contributed by atoms with Gasteiger partial charge in [-0.05, 0) is 82.7 Å². The molecule has 2 aromatic heterocycles. The van der Waals surface area contributed by atoms with Crippen molar-refractivity contribution in [2.45, 2.75) is 45.1 Å². The Bertz CT molecular complexity index is 1380. The minimum absolute atomic E-state index is 0.193. The Morgan fingerprint density at radius 2 is 2.03 bits per heavy atom. The fourth-order valence-corrected chi connectivity index (χ4v) is 6.06. The highest BCUT2D eigenvalue weighted by atomic mass is 35.5. The van der Waals surface area contributed by atoms with Crippen molar-refractivity contribution in [2.75, 3.05) is 37.6 Å². The quantitative estimate of drug-likeness (QED) is 0.408. The fraction of sp³-hybridized carbons (Fsp3) is 0.500. The zero-order valence-electron chi connectivity index (χ0n) is 21.9. The van der Waals surface area contributed by atoms with E-state index >= 15 is 0 Å². The van der Waals surface area contributed by atoms with Crippen molar-refractivity contribution < 1.29 is 5.11 Å². The molecule has 0 spiro atoms. The molecule has 0 amide bonds. The zero-order valence-corrected chi connectivity index (χ0v) is 23.4. The number of hydrogen-bond donors (Lipinski definition) is 1. The molecule has 0 saturated carbocycles. The molecule has 0 unspecified atom stereocenters. The summed E-state index contributed by atoms with van der Waals surface area (Å²) in [5.74, 6) is 2.06. The topological polar surface area (TPSA) is 94.1 Å². The normalized spacial score (nSPS) is 18.9. The number of benzene rings is 1. The molecule has 8 nitrogen and oxygen atoms in total. The lowest BCUT2D eigenvalue weighted by atomic mass is 9.80. The van der Waals surface area contributed by atoms with Crippen LogP contribution in [0.15, 0.2) is 31.0 Å². The Hall–Kier alpha value is -2.70. The molecule has 200 valence electrons. The van der Waals surface area contributed by atoms with E-state index in [2.05, 4.69) is 32.5 Å². The van der Waals surface area contributed by atoms with Gasteiger partial charge in [0.2, 0.25) is 0 Å². The summed E-state index contributed by atoms with van der Waals surface area (Å²) in [5, 5.41) is 25.0. The van der Waals surface area contributed by atoms with E-state index in [9.17, 15) is 10.4 Å². The van der Waals surface area contributed by atoms with Crippen LogP contribution in [-0.2, 0) is 0 Å². The summed E-state index contributed by atoms with van der Waals surface area (Å²) in [7, 11) is 0. The Morgan fingerprint density at radius 1 is 1.24 bits per heavy atom. The van der Waals surface area contributed by atoms with E-state index in [0.29, 0.717) is 44.3 Å². The van der Waals surface area contributed by atoms with Gasteiger partial charge in [0, 0.05) is 30.2 Å². The lowest BCUT2D eigenvalue weighted by Gasteiger charge is -2.47. The number of nitriles is 1. The molecule has 38 heavy (non-hydrogen) atoms. The number of rotatable bonds is 8. The van der Waals surface area contributed by atoms with Crippen LogP contribution in [0.4, 0.5) is 5.82 Å². The molecule has 0 radical (unpaired) electrons. The number of aromatic nitrogens is 4. The van der Waals surface area contributed by atoms with Crippen LogP contribution < -0.4 is 4.90 Å². The zero-order chi connectivity index (χ0) is 27.0. The number of anilines is 1. The minimum Gasteiger partial charge on any atom is -0.390 e. The maximum Gasteiger partial charge on any atom is 0.190 e. The number of fused-ring (bicyclic) bond motifs is 1. The SMILES string of the molecule is C=C(c1ccc(Cl)cc1Cl)n1nc(C#N)c2ncc(N3CC([C@H]4CCCN(CCCC(C)(C)O)C4)C3)nc21. The Morgan fingerprint density at radius 3 is 2.74 bits per heavy atom. The van der Waals surface area contributed by atoms with Gasteiger partial charge in [0.15, 0.2) is 11.3 Å². The molecule has 5 rings (SSSR count). The first-order valence-corrected chi connectivity index (χ1v) is 13.9. The molecule has 2 fully saturated rings. The lowest BCUT2D eigenvalue weighted by Crippen LogP contribution is -2.54. The summed E-state index contributed by atoms with van der Waals surface area (Å²) in [6.45, 7) is 13.1. The third-order valence-electron chi connectivity index (χ3n) is 7.68. The van der Waals surface area contributed by atoms with Crippen molar-refractivity contribution in [2.24, 2.45) is 11.8 Å². The van der Waals surface area contributed by atoms with Gasteiger partial charge in [-0.1, -0.05) is 29.8 Å². The number of likely N-dealkylation sites (tertiary alicyclic amines) is 1. The van der Waals surface area contributed by atoms with Crippen molar-refractivity contribution in [3.05, 3.63) is 52.3 Å². The largest absolute Gasteiger partial charge is 0.390 e. The first-order valence-electron chi connectivity index (χ1n) is 13.1. The smallest absolute Gasteiger partial charge is 0.190 e. The minimum atomic E-state index is -0.595. The molecule has 2 saturated heterocycles. The molecule has 3 aromatic rings. The lowest BCUT2D eigenvalue weighted by molar-refractivity contribution is 0.0594. The van der Waals surface area contributed by atoms with Crippen molar-refractivity contribution in [1.82, 2.24) is 24.6 Å². The highest BCUT2D eigenvalue weighted by molar-refractivity contribution is 6.35. The maximum atomic E-state index is 10.0. The predicted molar refractivity (Wildman–Crippen MR) is 151 cm³/mol. The summed E-state index contributed by atoms with van der Waals surface area (Å²) >= 11 is 12.5. The molecular weight excluding hydrogens is 521 g/mol. The first kappa shape index (κ1) is 26.9. The van der Waals surface area contributed by atoms with Gasteiger partial charge in [-0.3, -0.25) is 0 Å². The van der Waals surface area contributed by atoms with Crippen LogP contribution in [0.2, 0.25) is 10.0 Å². The van der Waals surface area contributed by atoms with E-state index in [0.717, 1.165) is 51.4 Å². The van der Waals surface area contributed by atoms with Gasteiger partial charge >= 0.3 is 0 Å². The van der Waals surface area contributed by atoms with Crippen LogP contribution in [0.1, 0.15) is 50.8 Å². The second-order valence-electron chi connectivity index (χ2n) is 11.1. The van der Waals surface area contributed by atoms with E-state index in [1.165, 1.54) is 12.8 Å². The Kier molecular flexibility index (Phi) is 7.65.